The molecule has 0 aliphatic carbocycles. The van der Waals surface area contributed by atoms with Gasteiger partial charge in [-0.1, -0.05) is 0 Å². The number of halogens is 1. The maximum Gasteiger partial charge on any atom is 0.123 e. The molecule has 0 aliphatic rings. The first kappa shape index (κ1) is 13.6. The summed E-state index contributed by atoms with van der Waals surface area (Å²) in [6.45, 7) is 2.15. The molecule has 96 valence electrons. The van der Waals surface area contributed by atoms with Crippen molar-refractivity contribution < 1.29 is 4.39 Å². The van der Waals surface area contributed by atoms with Crippen molar-refractivity contribution >= 4 is 23.1 Å². The molecule has 0 saturated carbocycles. The number of rotatable bonds is 5. The Labute approximate surface area is 115 Å². The topological polar surface area (TPSA) is 12.0 Å². The minimum Gasteiger partial charge on any atom is -0.312 e. The van der Waals surface area contributed by atoms with Crippen molar-refractivity contribution in [3.8, 4) is 0 Å². The Hall–Kier alpha value is -0.840. The Morgan fingerprint density at radius 2 is 2.00 bits per heavy atom. The smallest absolute Gasteiger partial charge is 0.123 e. The number of hydrogen-bond acceptors (Lipinski definition) is 3. The summed E-state index contributed by atoms with van der Waals surface area (Å²) < 4.78 is 12.8. The van der Waals surface area contributed by atoms with E-state index in [1.165, 1.54) is 22.6 Å². The summed E-state index contributed by atoms with van der Waals surface area (Å²) in [5, 5.41) is 5.46. The van der Waals surface area contributed by atoms with Crippen LogP contribution in [0.4, 0.5) is 4.39 Å². The molecule has 0 saturated heterocycles. The highest BCUT2D eigenvalue weighted by Gasteiger charge is 2.12. The maximum atomic E-state index is 12.8. The zero-order chi connectivity index (χ0) is 13.0. The van der Waals surface area contributed by atoms with E-state index in [0.717, 1.165) is 10.6 Å². The van der Waals surface area contributed by atoms with Gasteiger partial charge in [0.25, 0.3) is 0 Å². The van der Waals surface area contributed by atoms with Crippen LogP contribution >= 0.6 is 23.1 Å². The fraction of sp³-hybridized carbons (Fsp3) is 0.286. The van der Waals surface area contributed by atoms with E-state index in [1.54, 1.807) is 23.1 Å². The lowest BCUT2D eigenvalue weighted by molar-refractivity contribution is 0.626. The number of aryl methyl sites for hydroxylation is 1. The van der Waals surface area contributed by atoms with Crippen LogP contribution < -0.4 is 5.32 Å². The molecule has 0 bridgehead atoms. The molecule has 2 rings (SSSR count). The van der Waals surface area contributed by atoms with Gasteiger partial charge in [0.1, 0.15) is 5.82 Å². The van der Waals surface area contributed by atoms with Gasteiger partial charge in [-0.2, -0.15) is 0 Å². The summed E-state index contributed by atoms with van der Waals surface area (Å²) >= 11 is 3.52. The standard InChI is InChI=1S/C14H16FNS2/c1-10-13(7-8-17-10)14(16-2)9-18-12-5-3-11(15)4-6-12/h3-8,14,16H,9H2,1-2H3. The molecule has 1 aromatic carbocycles. The second-order valence-corrected chi connectivity index (χ2v) is 6.25. The first-order chi connectivity index (χ1) is 8.70. The molecular weight excluding hydrogens is 265 g/mol. The minimum absolute atomic E-state index is 0.182. The van der Waals surface area contributed by atoms with Gasteiger partial charge in [-0.3, -0.25) is 0 Å². The van der Waals surface area contributed by atoms with Crippen LogP contribution in [-0.2, 0) is 0 Å². The molecule has 1 nitrogen and oxygen atoms in total. The summed E-state index contributed by atoms with van der Waals surface area (Å²) in [5.74, 6) is 0.762. The van der Waals surface area contributed by atoms with Crippen molar-refractivity contribution in [3.63, 3.8) is 0 Å². The maximum absolute atomic E-state index is 12.8. The van der Waals surface area contributed by atoms with Crippen LogP contribution in [0.15, 0.2) is 40.6 Å². The molecule has 4 heteroatoms. The SMILES string of the molecule is CNC(CSc1ccc(F)cc1)c1ccsc1C. The molecule has 0 aliphatic heterocycles. The van der Waals surface area contributed by atoms with E-state index in [9.17, 15) is 4.39 Å². The molecule has 0 amide bonds. The zero-order valence-corrected chi connectivity index (χ0v) is 12.1. The zero-order valence-electron chi connectivity index (χ0n) is 10.4. The lowest BCUT2D eigenvalue weighted by Crippen LogP contribution is -2.18. The Morgan fingerprint density at radius 3 is 2.56 bits per heavy atom. The van der Waals surface area contributed by atoms with Crippen molar-refractivity contribution in [1.29, 1.82) is 0 Å². The predicted octanol–water partition coefficient (Wildman–Crippen LogP) is 4.25. The summed E-state index contributed by atoms with van der Waals surface area (Å²) in [6.07, 6.45) is 0. The second kappa shape index (κ2) is 6.36. The van der Waals surface area contributed by atoms with E-state index in [0.29, 0.717) is 6.04 Å². The molecule has 1 N–H and O–H groups in total. The van der Waals surface area contributed by atoms with Crippen LogP contribution in [0.3, 0.4) is 0 Å². The largest absolute Gasteiger partial charge is 0.312 e. The van der Waals surface area contributed by atoms with E-state index < -0.39 is 0 Å². The van der Waals surface area contributed by atoms with Crippen LogP contribution in [-0.4, -0.2) is 12.8 Å². The van der Waals surface area contributed by atoms with Crippen molar-refractivity contribution in [2.45, 2.75) is 17.9 Å². The summed E-state index contributed by atoms with van der Waals surface area (Å²) in [5.41, 5.74) is 1.36. The van der Waals surface area contributed by atoms with Crippen LogP contribution in [0, 0.1) is 12.7 Å². The molecule has 1 aromatic heterocycles. The van der Waals surface area contributed by atoms with Gasteiger partial charge in [-0.15, -0.1) is 23.1 Å². The Bertz CT molecular complexity index is 493. The van der Waals surface area contributed by atoms with E-state index in [4.69, 9.17) is 0 Å². The highest BCUT2D eigenvalue weighted by molar-refractivity contribution is 7.99. The highest BCUT2D eigenvalue weighted by Crippen LogP contribution is 2.28. The Balaban J connectivity index is 2.00. The average Bonchev–Trinajstić information content (AvgIpc) is 2.79. The van der Waals surface area contributed by atoms with Gasteiger partial charge in [0.2, 0.25) is 0 Å². The summed E-state index contributed by atoms with van der Waals surface area (Å²) in [7, 11) is 1.98. The molecule has 18 heavy (non-hydrogen) atoms. The number of thiophene rings is 1. The van der Waals surface area contributed by atoms with E-state index in [-0.39, 0.29) is 5.82 Å². The van der Waals surface area contributed by atoms with E-state index in [1.807, 2.05) is 19.2 Å². The van der Waals surface area contributed by atoms with Gasteiger partial charge in [0, 0.05) is 21.6 Å². The summed E-state index contributed by atoms with van der Waals surface area (Å²) in [4.78, 5) is 2.46. The number of thioether (sulfide) groups is 1. The number of nitrogens with one attached hydrogen (secondary N) is 1. The lowest BCUT2D eigenvalue weighted by atomic mass is 10.1. The molecule has 0 fully saturated rings. The third kappa shape index (κ3) is 3.34. The molecule has 2 aromatic rings. The van der Waals surface area contributed by atoms with Crippen molar-refractivity contribution in [1.82, 2.24) is 5.32 Å². The normalized spacial score (nSPS) is 12.6. The number of benzene rings is 1. The Morgan fingerprint density at radius 1 is 1.28 bits per heavy atom. The van der Waals surface area contributed by atoms with Gasteiger partial charge in [0.15, 0.2) is 0 Å². The van der Waals surface area contributed by atoms with Crippen molar-refractivity contribution in [2.75, 3.05) is 12.8 Å². The van der Waals surface area contributed by atoms with Gasteiger partial charge < -0.3 is 5.32 Å². The van der Waals surface area contributed by atoms with Crippen molar-refractivity contribution in [3.05, 3.63) is 52.0 Å². The molecular formula is C14H16FNS2. The first-order valence-electron chi connectivity index (χ1n) is 5.80. The molecule has 0 radical (unpaired) electrons. The lowest BCUT2D eigenvalue weighted by Gasteiger charge is -2.15. The van der Waals surface area contributed by atoms with Crippen LogP contribution in [0.25, 0.3) is 0 Å². The van der Waals surface area contributed by atoms with Gasteiger partial charge in [0.05, 0.1) is 0 Å². The molecule has 1 heterocycles. The van der Waals surface area contributed by atoms with Crippen LogP contribution in [0.1, 0.15) is 16.5 Å². The molecule has 1 unspecified atom stereocenters. The monoisotopic (exact) mass is 281 g/mol. The predicted molar refractivity (Wildman–Crippen MR) is 78.0 cm³/mol. The van der Waals surface area contributed by atoms with Gasteiger partial charge in [-0.25, -0.2) is 4.39 Å². The fourth-order valence-electron chi connectivity index (χ4n) is 1.80. The molecule has 0 spiro atoms. The number of hydrogen-bond donors (Lipinski definition) is 1. The van der Waals surface area contributed by atoms with E-state index >= 15 is 0 Å². The van der Waals surface area contributed by atoms with Crippen LogP contribution in [0.2, 0.25) is 0 Å². The van der Waals surface area contributed by atoms with Crippen LogP contribution in [0.5, 0.6) is 0 Å². The van der Waals surface area contributed by atoms with Gasteiger partial charge >= 0.3 is 0 Å². The average molecular weight is 281 g/mol. The third-order valence-electron chi connectivity index (χ3n) is 2.85. The minimum atomic E-state index is -0.182. The summed E-state index contributed by atoms with van der Waals surface area (Å²) in [6, 6.07) is 9.18. The first-order valence-corrected chi connectivity index (χ1v) is 7.67. The van der Waals surface area contributed by atoms with Crippen molar-refractivity contribution in [2.24, 2.45) is 0 Å². The Kier molecular flexibility index (Phi) is 4.80. The quantitative estimate of drug-likeness (QED) is 0.822. The second-order valence-electron chi connectivity index (χ2n) is 4.04. The highest BCUT2D eigenvalue weighted by atomic mass is 32.2. The fourth-order valence-corrected chi connectivity index (χ4v) is 3.59. The van der Waals surface area contributed by atoms with E-state index in [2.05, 4.69) is 23.7 Å². The van der Waals surface area contributed by atoms with Gasteiger partial charge in [-0.05, 0) is 55.2 Å². The molecule has 1 atom stereocenters. The third-order valence-corrected chi connectivity index (χ3v) is 4.82.